The molecule has 0 aromatic heterocycles. The summed E-state index contributed by atoms with van der Waals surface area (Å²) >= 11 is 0. The van der Waals surface area contributed by atoms with E-state index in [4.69, 9.17) is 24.4 Å². The van der Waals surface area contributed by atoms with Gasteiger partial charge in [0.15, 0.2) is 0 Å². The van der Waals surface area contributed by atoms with E-state index in [1.165, 1.54) is 0 Å². The molecule has 0 aliphatic carbocycles. The summed E-state index contributed by atoms with van der Waals surface area (Å²) in [5.74, 6) is -1.20. The second kappa shape index (κ2) is 10.4. The molecule has 0 amide bonds. The van der Waals surface area contributed by atoms with Gasteiger partial charge in [-0.15, -0.1) is 0 Å². The van der Waals surface area contributed by atoms with Crippen LogP contribution in [0.4, 0.5) is 0 Å². The maximum absolute atomic E-state index is 10.1. The zero-order chi connectivity index (χ0) is 15.5. The van der Waals surface area contributed by atoms with Gasteiger partial charge in [0.25, 0.3) is 20.2 Å². The van der Waals surface area contributed by atoms with Crippen molar-refractivity contribution in [1.82, 2.24) is 0 Å². The fourth-order valence-corrected chi connectivity index (χ4v) is 1.15. The first-order valence-corrected chi connectivity index (χ1v) is 8.11. The van der Waals surface area contributed by atoms with Crippen LogP contribution in [0.25, 0.3) is 0 Å². The summed E-state index contributed by atoms with van der Waals surface area (Å²) < 4.78 is 61.3. The van der Waals surface area contributed by atoms with Crippen molar-refractivity contribution in [3.8, 4) is 0 Å². The van der Waals surface area contributed by atoms with Crippen molar-refractivity contribution < 1.29 is 46.0 Å². The molecule has 0 aliphatic heterocycles. The highest BCUT2D eigenvalue weighted by Gasteiger charge is 2.06. The molecule has 0 unspecified atom stereocenters. The number of aliphatic hydroxyl groups excluding tert-OH is 3. The molecule has 0 atom stereocenters. The van der Waals surface area contributed by atoms with Crippen molar-refractivity contribution in [2.24, 2.45) is 0 Å². The van der Waals surface area contributed by atoms with Gasteiger partial charge >= 0.3 is 0 Å². The Kier molecular flexibility index (Phi) is 11.5. The predicted octanol–water partition coefficient (Wildman–Crippen LogP) is -2.89. The monoisotopic (exact) mass is 326 g/mol. The van der Waals surface area contributed by atoms with Gasteiger partial charge in [-0.3, -0.25) is 9.11 Å². The van der Waals surface area contributed by atoms with Gasteiger partial charge in [-0.05, 0) is 0 Å². The minimum atomic E-state index is -4.08. The van der Waals surface area contributed by atoms with Crippen LogP contribution < -0.4 is 0 Å². The molecule has 0 aliphatic rings. The van der Waals surface area contributed by atoms with Gasteiger partial charge in [0.1, 0.15) is 6.10 Å². The lowest BCUT2D eigenvalue weighted by molar-refractivity contribution is 0.0450. The van der Waals surface area contributed by atoms with E-state index in [0.29, 0.717) is 0 Å². The number of hydrogen-bond acceptors (Lipinski definition) is 8. The smallest absolute Gasteiger partial charge is 0.267 e. The van der Waals surface area contributed by atoms with Crippen molar-refractivity contribution >= 4 is 20.2 Å². The van der Waals surface area contributed by atoms with Crippen LogP contribution >= 0.6 is 0 Å². The van der Waals surface area contributed by atoms with Gasteiger partial charge in [0.2, 0.25) is 0 Å². The Labute approximate surface area is 111 Å². The first-order valence-electron chi connectivity index (χ1n) is 4.89. The van der Waals surface area contributed by atoms with E-state index < -0.39 is 37.8 Å². The number of ether oxygens (including phenoxy) is 1. The summed E-state index contributed by atoms with van der Waals surface area (Å²) in [6.07, 6.45) is -0.954. The van der Waals surface area contributed by atoms with Crippen LogP contribution in [0.15, 0.2) is 0 Å². The average Bonchev–Trinajstić information content (AvgIpc) is 2.25. The molecule has 0 spiro atoms. The van der Waals surface area contributed by atoms with Crippen molar-refractivity contribution in [1.29, 1.82) is 0 Å². The van der Waals surface area contributed by atoms with Crippen LogP contribution in [-0.4, -0.2) is 85.3 Å². The lowest BCUT2D eigenvalue weighted by atomic mass is 10.4. The van der Waals surface area contributed by atoms with Gasteiger partial charge in [-0.2, -0.15) is 16.8 Å². The van der Waals surface area contributed by atoms with Crippen LogP contribution in [0.3, 0.4) is 0 Å². The van der Waals surface area contributed by atoms with Crippen LogP contribution in [0.2, 0.25) is 0 Å². The third-order valence-electron chi connectivity index (χ3n) is 1.39. The molecule has 0 heterocycles. The highest BCUT2D eigenvalue weighted by atomic mass is 32.2. The van der Waals surface area contributed by atoms with E-state index >= 15 is 0 Å². The summed E-state index contributed by atoms with van der Waals surface area (Å²) in [5.41, 5.74) is 0. The lowest BCUT2D eigenvalue weighted by Gasteiger charge is -2.00. The van der Waals surface area contributed by atoms with E-state index in [2.05, 4.69) is 4.74 Å². The van der Waals surface area contributed by atoms with E-state index in [-0.39, 0.29) is 26.4 Å². The van der Waals surface area contributed by atoms with Crippen LogP contribution in [0.5, 0.6) is 0 Å². The molecule has 0 rings (SSSR count). The first-order chi connectivity index (χ1) is 8.52. The summed E-state index contributed by atoms with van der Waals surface area (Å²) in [6.45, 7) is -1.35. The minimum absolute atomic E-state index is 0.311. The summed E-state index contributed by atoms with van der Waals surface area (Å²) in [6, 6.07) is 0. The maximum atomic E-state index is 10.1. The SMILES string of the molecule is O=S(=O)(O)CCOCCS(=O)(=O)O.OCC(O)CO. The van der Waals surface area contributed by atoms with Gasteiger partial charge in [0, 0.05) is 0 Å². The molecule has 12 heteroatoms. The number of hydrogen-bond donors (Lipinski definition) is 5. The second-order valence-electron chi connectivity index (χ2n) is 3.20. The molecule has 19 heavy (non-hydrogen) atoms. The van der Waals surface area contributed by atoms with Crippen LogP contribution in [0.1, 0.15) is 0 Å². The van der Waals surface area contributed by atoms with Gasteiger partial charge in [-0.25, -0.2) is 0 Å². The maximum Gasteiger partial charge on any atom is 0.267 e. The van der Waals surface area contributed by atoms with Crippen molar-refractivity contribution in [2.75, 3.05) is 37.9 Å². The van der Waals surface area contributed by atoms with Crippen LogP contribution in [-0.2, 0) is 25.0 Å². The van der Waals surface area contributed by atoms with Crippen molar-refractivity contribution in [3.05, 3.63) is 0 Å². The molecule has 0 aromatic carbocycles. The van der Waals surface area contributed by atoms with Crippen molar-refractivity contribution in [2.45, 2.75) is 6.10 Å². The Hall–Kier alpha value is -0.340. The molecule has 0 aromatic rings. The fourth-order valence-electron chi connectivity index (χ4n) is 0.488. The van der Waals surface area contributed by atoms with Crippen molar-refractivity contribution in [3.63, 3.8) is 0 Å². The molecule has 0 fully saturated rings. The largest absolute Gasteiger partial charge is 0.394 e. The molecule has 0 saturated carbocycles. The molecule has 0 saturated heterocycles. The highest BCUT2D eigenvalue weighted by Crippen LogP contribution is 1.86. The zero-order valence-electron chi connectivity index (χ0n) is 9.91. The third kappa shape index (κ3) is 23.2. The quantitative estimate of drug-likeness (QED) is 0.229. The topological polar surface area (TPSA) is 179 Å². The summed E-state index contributed by atoms with van der Waals surface area (Å²) in [7, 11) is -8.15. The zero-order valence-corrected chi connectivity index (χ0v) is 11.5. The minimum Gasteiger partial charge on any atom is -0.394 e. The van der Waals surface area contributed by atoms with E-state index in [0.717, 1.165) is 0 Å². The van der Waals surface area contributed by atoms with Crippen LogP contribution in [0, 0.1) is 0 Å². The van der Waals surface area contributed by atoms with E-state index in [1.54, 1.807) is 0 Å². The van der Waals surface area contributed by atoms with Gasteiger partial charge in [-0.1, -0.05) is 0 Å². The molecular formula is C7H18O10S2. The molecule has 118 valence electrons. The second-order valence-corrected chi connectivity index (χ2v) is 6.35. The predicted molar refractivity (Wildman–Crippen MR) is 63.8 cm³/mol. The Morgan fingerprint density at radius 1 is 0.842 bits per heavy atom. The summed E-state index contributed by atoms with van der Waals surface area (Å²) in [5, 5.41) is 24.0. The standard InChI is InChI=1S/C4H10O7S2.C3H8O3/c5-12(6,7)3-1-11-2-4-13(8,9)10;4-1-3(6)2-5/h1-4H2,(H,5,6,7)(H,8,9,10);3-6H,1-2H2. The molecular weight excluding hydrogens is 308 g/mol. The van der Waals surface area contributed by atoms with Gasteiger partial charge in [0.05, 0.1) is 37.9 Å². The normalized spacial score (nSPS) is 12.1. The average molecular weight is 326 g/mol. The Bertz CT molecular complexity index is 362. The molecule has 0 bridgehead atoms. The third-order valence-corrected chi connectivity index (χ3v) is 2.76. The number of rotatable bonds is 8. The molecule has 5 N–H and O–H groups in total. The summed E-state index contributed by atoms with van der Waals surface area (Å²) in [4.78, 5) is 0. The van der Waals surface area contributed by atoms with E-state index in [9.17, 15) is 16.8 Å². The molecule has 0 radical (unpaired) electrons. The Balaban J connectivity index is 0. The highest BCUT2D eigenvalue weighted by molar-refractivity contribution is 7.86. The lowest BCUT2D eigenvalue weighted by Crippen LogP contribution is -2.15. The number of aliphatic hydroxyl groups is 3. The Morgan fingerprint density at radius 2 is 1.16 bits per heavy atom. The Morgan fingerprint density at radius 3 is 1.32 bits per heavy atom. The first kappa shape index (κ1) is 21.0. The fraction of sp³-hybridized carbons (Fsp3) is 1.00. The van der Waals surface area contributed by atoms with Gasteiger partial charge < -0.3 is 20.1 Å². The van der Waals surface area contributed by atoms with E-state index in [1.807, 2.05) is 0 Å². The molecule has 10 nitrogen and oxygen atoms in total.